The van der Waals surface area contributed by atoms with Crippen LogP contribution in [-0.2, 0) is 9.59 Å². The standard InChI is InChI=1S/C26H35N7O2/c1-18-17-27-25(28-19-8-10-20(11-9-19)32-14-12-31(3)13-15-32)30-23(18)33(21-6-4-5-7-21)26(2)16-22(34)29-24(26)35/h8-11,17,21H,4-7,12-16H2,1-3H3,(H,27,28,30)(H,29,34,35). The first-order chi connectivity index (χ1) is 16.8. The Bertz CT molecular complexity index is 1090. The average molecular weight is 478 g/mol. The predicted octanol–water partition coefficient (Wildman–Crippen LogP) is 2.83. The van der Waals surface area contributed by atoms with Crippen LogP contribution in [0.2, 0.25) is 0 Å². The third-order valence-corrected chi connectivity index (χ3v) is 7.63. The van der Waals surface area contributed by atoms with Crippen LogP contribution in [0.15, 0.2) is 30.5 Å². The summed E-state index contributed by atoms with van der Waals surface area (Å²) in [5.41, 5.74) is 2.06. The van der Waals surface area contributed by atoms with Crippen LogP contribution >= 0.6 is 0 Å². The molecule has 2 aliphatic heterocycles. The van der Waals surface area contributed by atoms with Crippen LogP contribution in [-0.4, -0.2) is 71.5 Å². The minimum atomic E-state index is -0.952. The molecule has 0 bridgehead atoms. The van der Waals surface area contributed by atoms with Crippen molar-refractivity contribution in [3.63, 3.8) is 0 Å². The van der Waals surface area contributed by atoms with Gasteiger partial charge in [-0.2, -0.15) is 4.98 Å². The second kappa shape index (κ2) is 9.45. The van der Waals surface area contributed by atoms with Gasteiger partial charge in [0.1, 0.15) is 11.4 Å². The number of carbonyl (C=O) groups excluding carboxylic acids is 2. The van der Waals surface area contributed by atoms with E-state index in [9.17, 15) is 9.59 Å². The van der Waals surface area contributed by atoms with Gasteiger partial charge in [0, 0.05) is 55.4 Å². The van der Waals surface area contributed by atoms with Gasteiger partial charge in [-0.25, -0.2) is 4.98 Å². The number of imide groups is 1. The quantitative estimate of drug-likeness (QED) is 0.614. The van der Waals surface area contributed by atoms with Gasteiger partial charge in [-0.05, 0) is 58.0 Å². The minimum Gasteiger partial charge on any atom is -0.369 e. The molecule has 5 rings (SSSR count). The van der Waals surface area contributed by atoms with Crippen LogP contribution in [0, 0.1) is 6.92 Å². The number of amides is 2. The molecule has 9 heteroatoms. The molecule has 3 heterocycles. The molecule has 2 N–H and O–H groups in total. The summed E-state index contributed by atoms with van der Waals surface area (Å²) in [4.78, 5) is 41.3. The molecule has 186 valence electrons. The summed E-state index contributed by atoms with van der Waals surface area (Å²) in [6, 6.07) is 8.53. The number of aryl methyl sites for hydroxylation is 1. The molecule has 3 aliphatic rings. The van der Waals surface area contributed by atoms with Gasteiger partial charge in [0.2, 0.25) is 11.9 Å². The highest BCUT2D eigenvalue weighted by atomic mass is 16.2. The number of carbonyl (C=O) groups is 2. The summed E-state index contributed by atoms with van der Waals surface area (Å²) < 4.78 is 0. The number of hydrogen-bond acceptors (Lipinski definition) is 8. The number of anilines is 4. The third kappa shape index (κ3) is 4.69. The molecular weight excluding hydrogens is 442 g/mol. The number of hydrogen-bond donors (Lipinski definition) is 2. The Morgan fingerprint density at radius 1 is 1.09 bits per heavy atom. The van der Waals surface area contributed by atoms with Gasteiger partial charge in [0.05, 0.1) is 6.42 Å². The van der Waals surface area contributed by atoms with Crippen molar-refractivity contribution < 1.29 is 9.59 Å². The summed E-state index contributed by atoms with van der Waals surface area (Å²) in [6.07, 6.45) is 6.13. The van der Waals surface area contributed by atoms with Gasteiger partial charge >= 0.3 is 0 Å². The van der Waals surface area contributed by atoms with E-state index in [1.54, 1.807) is 6.20 Å². The number of rotatable bonds is 6. The fraction of sp³-hybridized carbons (Fsp3) is 0.538. The minimum absolute atomic E-state index is 0.141. The van der Waals surface area contributed by atoms with Crippen LogP contribution in [0.4, 0.5) is 23.1 Å². The van der Waals surface area contributed by atoms with E-state index in [1.165, 1.54) is 5.69 Å². The molecular formula is C26H35N7O2. The Hall–Kier alpha value is -3.20. The zero-order valence-electron chi connectivity index (χ0n) is 20.9. The summed E-state index contributed by atoms with van der Waals surface area (Å²) in [5.74, 6) is 0.720. The normalized spacial score (nSPS) is 23.6. The fourth-order valence-corrected chi connectivity index (χ4v) is 5.55. The SMILES string of the molecule is Cc1cnc(Nc2ccc(N3CCN(C)CC3)cc2)nc1N(C1CCCC1)C1(C)CC(=O)NC1=O. The van der Waals surface area contributed by atoms with Crippen molar-refractivity contribution in [3.8, 4) is 0 Å². The molecule has 2 amide bonds. The summed E-state index contributed by atoms with van der Waals surface area (Å²) in [7, 11) is 2.16. The van der Waals surface area contributed by atoms with Crippen LogP contribution < -0.4 is 20.4 Å². The monoisotopic (exact) mass is 477 g/mol. The predicted molar refractivity (Wildman–Crippen MR) is 137 cm³/mol. The lowest BCUT2D eigenvalue weighted by atomic mass is 9.94. The van der Waals surface area contributed by atoms with Crippen molar-refractivity contribution in [1.82, 2.24) is 20.2 Å². The smallest absolute Gasteiger partial charge is 0.252 e. The topological polar surface area (TPSA) is 93.7 Å². The maximum absolute atomic E-state index is 12.9. The zero-order chi connectivity index (χ0) is 24.6. The average Bonchev–Trinajstić information content (AvgIpc) is 3.45. The van der Waals surface area contributed by atoms with Gasteiger partial charge in [0.25, 0.3) is 5.91 Å². The van der Waals surface area contributed by atoms with E-state index in [1.807, 2.05) is 13.8 Å². The lowest BCUT2D eigenvalue weighted by Crippen LogP contribution is -2.56. The van der Waals surface area contributed by atoms with E-state index < -0.39 is 5.54 Å². The number of nitrogens with one attached hydrogen (secondary N) is 2. The summed E-state index contributed by atoms with van der Waals surface area (Å²) in [6.45, 7) is 8.01. The van der Waals surface area contributed by atoms with E-state index in [4.69, 9.17) is 4.98 Å². The lowest BCUT2D eigenvalue weighted by molar-refractivity contribution is -0.126. The highest BCUT2D eigenvalue weighted by Crippen LogP contribution is 2.38. The fourth-order valence-electron chi connectivity index (χ4n) is 5.55. The molecule has 1 saturated carbocycles. The number of aromatic nitrogens is 2. The molecule has 3 fully saturated rings. The van der Waals surface area contributed by atoms with E-state index in [0.717, 1.165) is 68.9 Å². The summed E-state index contributed by atoms with van der Waals surface area (Å²) in [5, 5.41) is 5.84. The molecule has 1 aromatic heterocycles. The molecule has 2 saturated heterocycles. The lowest BCUT2D eigenvalue weighted by Gasteiger charge is -2.41. The van der Waals surface area contributed by atoms with E-state index in [2.05, 4.69) is 61.6 Å². The van der Waals surface area contributed by atoms with Crippen molar-refractivity contribution >= 4 is 35.0 Å². The number of benzene rings is 1. The molecule has 1 unspecified atom stereocenters. The Morgan fingerprint density at radius 3 is 2.40 bits per heavy atom. The van der Waals surface area contributed by atoms with Crippen LogP contribution in [0.1, 0.15) is 44.6 Å². The molecule has 1 atom stereocenters. The highest BCUT2D eigenvalue weighted by Gasteiger charge is 2.50. The summed E-state index contributed by atoms with van der Waals surface area (Å²) >= 11 is 0. The van der Waals surface area contributed by atoms with Gasteiger partial charge < -0.3 is 20.0 Å². The molecule has 0 radical (unpaired) electrons. The van der Waals surface area contributed by atoms with Crippen molar-refractivity contribution in [1.29, 1.82) is 0 Å². The second-order valence-corrected chi connectivity index (χ2v) is 10.3. The van der Waals surface area contributed by atoms with Crippen molar-refractivity contribution in [2.75, 3.05) is 48.3 Å². The Kier molecular flexibility index (Phi) is 6.35. The first-order valence-electron chi connectivity index (χ1n) is 12.6. The maximum Gasteiger partial charge on any atom is 0.252 e. The van der Waals surface area contributed by atoms with Crippen molar-refractivity contribution in [3.05, 3.63) is 36.0 Å². The van der Waals surface area contributed by atoms with Gasteiger partial charge in [-0.3, -0.25) is 14.9 Å². The Morgan fingerprint density at radius 2 is 1.77 bits per heavy atom. The zero-order valence-corrected chi connectivity index (χ0v) is 20.9. The largest absolute Gasteiger partial charge is 0.369 e. The van der Waals surface area contributed by atoms with Crippen LogP contribution in [0.5, 0.6) is 0 Å². The van der Waals surface area contributed by atoms with Gasteiger partial charge in [-0.15, -0.1) is 0 Å². The molecule has 1 aromatic carbocycles. The molecule has 9 nitrogen and oxygen atoms in total. The van der Waals surface area contributed by atoms with Crippen molar-refractivity contribution in [2.24, 2.45) is 0 Å². The second-order valence-electron chi connectivity index (χ2n) is 10.3. The molecule has 1 aliphatic carbocycles. The van der Waals surface area contributed by atoms with Gasteiger partial charge in [-0.1, -0.05) is 12.8 Å². The van der Waals surface area contributed by atoms with Crippen LogP contribution in [0.25, 0.3) is 0 Å². The van der Waals surface area contributed by atoms with Crippen LogP contribution in [0.3, 0.4) is 0 Å². The Labute approximate surface area is 206 Å². The highest BCUT2D eigenvalue weighted by molar-refractivity contribution is 6.10. The van der Waals surface area contributed by atoms with Gasteiger partial charge in [0.15, 0.2) is 0 Å². The molecule has 2 aromatic rings. The van der Waals surface area contributed by atoms with E-state index >= 15 is 0 Å². The first kappa shape index (κ1) is 23.5. The molecule has 0 spiro atoms. The molecule has 35 heavy (non-hydrogen) atoms. The number of piperazine rings is 1. The number of likely N-dealkylation sites (N-methyl/N-ethyl adjacent to an activating group) is 1. The van der Waals surface area contributed by atoms with E-state index in [0.29, 0.717) is 5.95 Å². The maximum atomic E-state index is 12.9. The Balaban J connectivity index is 1.39. The van der Waals surface area contributed by atoms with Crippen molar-refractivity contribution in [2.45, 2.75) is 57.5 Å². The first-order valence-corrected chi connectivity index (χ1v) is 12.6. The number of nitrogens with zero attached hydrogens (tertiary/aromatic N) is 5. The van der Waals surface area contributed by atoms with E-state index in [-0.39, 0.29) is 24.3 Å². The third-order valence-electron chi connectivity index (χ3n) is 7.63.